The van der Waals surface area contributed by atoms with E-state index in [0.29, 0.717) is 11.6 Å². The zero-order valence-corrected chi connectivity index (χ0v) is 10.8. The van der Waals surface area contributed by atoms with Crippen molar-refractivity contribution in [2.75, 3.05) is 0 Å². The number of amides is 1. The van der Waals surface area contributed by atoms with Crippen LogP contribution in [0.25, 0.3) is 0 Å². The summed E-state index contributed by atoms with van der Waals surface area (Å²) in [7, 11) is 0. The molecule has 2 aromatic heterocycles. The molecule has 0 radical (unpaired) electrons. The normalized spacial score (nSPS) is 11.1. The molecule has 98 valence electrons. The first-order valence-electron chi connectivity index (χ1n) is 5.95. The van der Waals surface area contributed by atoms with E-state index < -0.39 is 0 Å². The maximum absolute atomic E-state index is 11.8. The third kappa shape index (κ3) is 3.48. The summed E-state index contributed by atoms with van der Waals surface area (Å²) in [5.41, 5.74) is 4.54. The van der Waals surface area contributed by atoms with Gasteiger partial charge in [-0.25, -0.2) is 5.43 Å². The molecule has 2 N–H and O–H groups in total. The van der Waals surface area contributed by atoms with Gasteiger partial charge in [0.1, 0.15) is 0 Å². The molecule has 0 atom stereocenters. The molecular formula is C13H15N5O. The molecule has 0 aromatic carbocycles. The molecule has 0 bridgehead atoms. The predicted octanol–water partition coefficient (Wildman–Crippen LogP) is 1.69. The van der Waals surface area contributed by atoms with Crippen molar-refractivity contribution >= 4 is 12.1 Å². The highest BCUT2D eigenvalue weighted by atomic mass is 16.2. The van der Waals surface area contributed by atoms with E-state index in [1.54, 1.807) is 36.8 Å². The average molecular weight is 257 g/mol. The van der Waals surface area contributed by atoms with Gasteiger partial charge in [0.25, 0.3) is 5.91 Å². The van der Waals surface area contributed by atoms with Crippen molar-refractivity contribution in [3.63, 3.8) is 0 Å². The number of hydrazone groups is 1. The van der Waals surface area contributed by atoms with Gasteiger partial charge in [0.2, 0.25) is 0 Å². The Kier molecular flexibility index (Phi) is 4.02. The Hall–Kier alpha value is -2.50. The van der Waals surface area contributed by atoms with Crippen LogP contribution >= 0.6 is 0 Å². The number of carbonyl (C=O) groups excluding carboxylic acids is 1. The summed E-state index contributed by atoms with van der Waals surface area (Å²) in [6.07, 6.45) is 4.87. The van der Waals surface area contributed by atoms with Gasteiger partial charge in [-0.15, -0.1) is 0 Å². The SMILES string of the molecule is CC(C)c1cc(C(=O)NN=Cc2ccncc2)n[nH]1. The number of hydrogen-bond donors (Lipinski definition) is 2. The highest BCUT2D eigenvalue weighted by Gasteiger charge is 2.10. The molecule has 1 amide bonds. The molecule has 0 spiro atoms. The molecule has 19 heavy (non-hydrogen) atoms. The topological polar surface area (TPSA) is 83.0 Å². The van der Waals surface area contributed by atoms with E-state index in [0.717, 1.165) is 11.3 Å². The second-order valence-corrected chi connectivity index (χ2v) is 4.34. The molecule has 0 saturated carbocycles. The lowest BCUT2D eigenvalue weighted by Gasteiger charge is -1.96. The lowest BCUT2D eigenvalue weighted by molar-refractivity contribution is 0.0950. The van der Waals surface area contributed by atoms with Gasteiger partial charge in [0.15, 0.2) is 5.69 Å². The Balaban J connectivity index is 1.96. The van der Waals surface area contributed by atoms with Gasteiger partial charge >= 0.3 is 0 Å². The van der Waals surface area contributed by atoms with E-state index >= 15 is 0 Å². The van der Waals surface area contributed by atoms with Crippen LogP contribution in [0, 0.1) is 0 Å². The molecule has 0 unspecified atom stereocenters. The molecule has 0 aliphatic heterocycles. The Morgan fingerprint density at radius 2 is 2.16 bits per heavy atom. The van der Waals surface area contributed by atoms with Crippen LogP contribution in [-0.4, -0.2) is 27.3 Å². The molecule has 6 heteroatoms. The summed E-state index contributed by atoms with van der Waals surface area (Å²) < 4.78 is 0. The van der Waals surface area contributed by atoms with E-state index in [2.05, 4.69) is 25.7 Å². The van der Waals surface area contributed by atoms with Crippen molar-refractivity contribution in [2.24, 2.45) is 5.10 Å². The number of nitrogens with zero attached hydrogens (tertiary/aromatic N) is 3. The van der Waals surface area contributed by atoms with E-state index in [1.807, 2.05) is 13.8 Å². The number of rotatable bonds is 4. The number of nitrogens with one attached hydrogen (secondary N) is 2. The fourth-order valence-corrected chi connectivity index (χ4v) is 1.42. The third-order valence-corrected chi connectivity index (χ3v) is 2.54. The van der Waals surface area contributed by atoms with E-state index in [-0.39, 0.29) is 5.91 Å². The monoisotopic (exact) mass is 257 g/mol. The lowest BCUT2D eigenvalue weighted by atomic mass is 10.1. The minimum atomic E-state index is -0.339. The second-order valence-electron chi connectivity index (χ2n) is 4.34. The summed E-state index contributed by atoms with van der Waals surface area (Å²) in [5, 5.41) is 10.6. The first-order valence-corrected chi connectivity index (χ1v) is 5.95. The Morgan fingerprint density at radius 1 is 1.42 bits per heavy atom. The number of carbonyl (C=O) groups is 1. The molecule has 0 fully saturated rings. The van der Waals surface area contributed by atoms with Crippen LogP contribution in [0.3, 0.4) is 0 Å². The zero-order chi connectivity index (χ0) is 13.7. The maximum Gasteiger partial charge on any atom is 0.291 e. The van der Waals surface area contributed by atoms with Crippen LogP contribution in [0.15, 0.2) is 35.7 Å². The van der Waals surface area contributed by atoms with Crippen LogP contribution in [0.1, 0.15) is 41.5 Å². The van der Waals surface area contributed by atoms with Gasteiger partial charge in [-0.3, -0.25) is 14.9 Å². The van der Waals surface area contributed by atoms with Gasteiger partial charge in [-0.1, -0.05) is 13.8 Å². The molecule has 2 heterocycles. The number of aromatic amines is 1. The number of H-pyrrole nitrogens is 1. The van der Waals surface area contributed by atoms with E-state index in [1.165, 1.54) is 0 Å². The first-order chi connectivity index (χ1) is 9.16. The molecular weight excluding hydrogens is 242 g/mol. The fourth-order valence-electron chi connectivity index (χ4n) is 1.42. The summed E-state index contributed by atoms with van der Waals surface area (Å²) in [5.74, 6) is -0.0390. The smallest absolute Gasteiger partial charge is 0.282 e. The molecule has 6 nitrogen and oxygen atoms in total. The number of aromatic nitrogens is 3. The van der Waals surface area contributed by atoms with Crippen molar-refractivity contribution in [1.29, 1.82) is 0 Å². The van der Waals surface area contributed by atoms with Gasteiger partial charge in [-0.05, 0) is 29.7 Å². The largest absolute Gasteiger partial charge is 0.291 e. The molecule has 0 aliphatic rings. The minimum absolute atomic E-state index is 0.300. The highest BCUT2D eigenvalue weighted by molar-refractivity contribution is 5.93. The minimum Gasteiger partial charge on any atom is -0.282 e. The fraction of sp³-hybridized carbons (Fsp3) is 0.231. The maximum atomic E-state index is 11.8. The Morgan fingerprint density at radius 3 is 2.79 bits per heavy atom. The summed E-state index contributed by atoms with van der Waals surface area (Å²) in [4.78, 5) is 15.6. The van der Waals surface area contributed by atoms with Crippen LogP contribution in [-0.2, 0) is 0 Å². The molecule has 0 saturated heterocycles. The molecule has 0 aliphatic carbocycles. The van der Waals surface area contributed by atoms with E-state index in [4.69, 9.17) is 0 Å². The van der Waals surface area contributed by atoms with Crippen molar-refractivity contribution in [3.05, 3.63) is 47.5 Å². The standard InChI is InChI=1S/C13H15N5O/c1-9(2)11-7-12(17-16-11)13(19)18-15-8-10-3-5-14-6-4-10/h3-9H,1-2H3,(H,16,17)(H,18,19). The number of hydrogen-bond acceptors (Lipinski definition) is 4. The van der Waals surface area contributed by atoms with Crippen molar-refractivity contribution < 1.29 is 4.79 Å². The van der Waals surface area contributed by atoms with Gasteiger partial charge in [-0.2, -0.15) is 10.2 Å². The summed E-state index contributed by atoms with van der Waals surface area (Å²) in [6, 6.07) is 5.31. The van der Waals surface area contributed by atoms with Crippen LogP contribution < -0.4 is 5.43 Å². The van der Waals surface area contributed by atoms with Crippen LogP contribution in [0.2, 0.25) is 0 Å². The predicted molar refractivity (Wildman–Crippen MR) is 72.0 cm³/mol. The van der Waals surface area contributed by atoms with Crippen molar-refractivity contribution in [2.45, 2.75) is 19.8 Å². The van der Waals surface area contributed by atoms with Gasteiger partial charge < -0.3 is 0 Å². The summed E-state index contributed by atoms with van der Waals surface area (Å²) in [6.45, 7) is 4.05. The van der Waals surface area contributed by atoms with Gasteiger partial charge in [0.05, 0.1) is 6.21 Å². The van der Waals surface area contributed by atoms with Crippen molar-refractivity contribution in [1.82, 2.24) is 20.6 Å². The summed E-state index contributed by atoms with van der Waals surface area (Å²) >= 11 is 0. The third-order valence-electron chi connectivity index (χ3n) is 2.54. The number of pyridine rings is 1. The first kappa shape index (κ1) is 12.9. The molecule has 2 rings (SSSR count). The lowest BCUT2D eigenvalue weighted by Crippen LogP contribution is -2.18. The van der Waals surface area contributed by atoms with Crippen molar-refractivity contribution in [3.8, 4) is 0 Å². The van der Waals surface area contributed by atoms with Crippen LogP contribution in [0.5, 0.6) is 0 Å². The Bertz CT molecular complexity index is 574. The second kappa shape index (κ2) is 5.90. The quantitative estimate of drug-likeness (QED) is 0.646. The van der Waals surface area contributed by atoms with Gasteiger partial charge in [0, 0.05) is 18.1 Å². The average Bonchev–Trinajstić information content (AvgIpc) is 2.89. The van der Waals surface area contributed by atoms with E-state index in [9.17, 15) is 4.79 Å². The molecule has 2 aromatic rings. The van der Waals surface area contributed by atoms with Crippen LogP contribution in [0.4, 0.5) is 0 Å². The zero-order valence-electron chi connectivity index (χ0n) is 10.8. The highest BCUT2D eigenvalue weighted by Crippen LogP contribution is 2.11. The Labute approximate surface area is 111 Å².